The molecule has 0 aliphatic rings. The molecule has 0 aliphatic carbocycles. The second-order valence-corrected chi connectivity index (χ2v) is 13.5. The van der Waals surface area contributed by atoms with Gasteiger partial charge in [-0.2, -0.15) is 0 Å². The fourth-order valence-electron chi connectivity index (χ4n) is 8.25. The van der Waals surface area contributed by atoms with Crippen LogP contribution < -0.4 is 0 Å². The second-order valence-electron chi connectivity index (χ2n) is 13.5. The molecule has 0 spiro atoms. The van der Waals surface area contributed by atoms with E-state index in [4.69, 9.17) is 9.97 Å². The highest BCUT2D eigenvalue weighted by Gasteiger charge is 2.22. The molecule has 0 amide bonds. The predicted octanol–water partition coefficient (Wildman–Crippen LogP) is 11.9. The van der Waals surface area contributed by atoms with Crippen LogP contribution in [0.15, 0.2) is 188 Å². The fraction of sp³-hybridized carbons (Fsp3) is 0. The van der Waals surface area contributed by atoms with Gasteiger partial charge in [0.25, 0.3) is 0 Å². The smallest absolute Gasteiger partial charge is 0.164 e. The summed E-state index contributed by atoms with van der Waals surface area (Å²) in [5.74, 6) is 0.826. The van der Waals surface area contributed by atoms with E-state index >= 15 is 0 Å². The van der Waals surface area contributed by atoms with Gasteiger partial charge in [0.2, 0.25) is 0 Å². The Labute approximate surface area is 305 Å². The summed E-state index contributed by atoms with van der Waals surface area (Å²) in [6.45, 7) is 0. The number of benzene rings is 7. The minimum absolute atomic E-state index is 0.812. The van der Waals surface area contributed by atoms with Crippen LogP contribution in [0.5, 0.6) is 0 Å². The summed E-state index contributed by atoms with van der Waals surface area (Å²) in [5.41, 5.74) is 12.6. The molecule has 5 nitrogen and oxygen atoms in total. The van der Waals surface area contributed by atoms with Crippen LogP contribution >= 0.6 is 0 Å². The molecular formula is C48H31N5. The number of pyridine rings is 1. The summed E-state index contributed by atoms with van der Waals surface area (Å²) >= 11 is 0. The topological polar surface area (TPSA) is 40.6 Å². The molecule has 0 unspecified atom stereocenters. The van der Waals surface area contributed by atoms with Crippen LogP contribution in [0.4, 0.5) is 0 Å². The minimum Gasteiger partial charge on any atom is -0.309 e. The van der Waals surface area contributed by atoms with E-state index < -0.39 is 0 Å². The number of hydrogen-bond acceptors (Lipinski definition) is 2. The van der Waals surface area contributed by atoms with Crippen molar-refractivity contribution in [1.29, 1.82) is 0 Å². The molecule has 0 bridgehead atoms. The normalized spacial score (nSPS) is 11.8. The number of nitrogens with zero attached hydrogens (tertiary/aromatic N) is 5. The van der Waals surface area contributed by atoms with Crippen molar-refractivity contribution in [1.82, 2.24) is 23.7 Å². The summed E-state index contributed by atoms with van der Waals surface area (Å²) in [6.07, 6.45) is 1.85. The molecule has 4 aromatic heterocycles. The van der Waals surface area contributed by atoms with Crippen LogP contribution in [-0.4, -0.2) is 23.7 Å². The Balaban J connectivity index is 1.27. The third-order valence-corrected chi connectivity index (χ3v) is 10.5. The van der Waals surface area contributed by atoms with Crippen LogP contribution in [0.2, 0.25) is 0 Å². The van der Waals surface area contributed by atoms with E-state index in [2.05, 4.69) is 190 Å². The molecule has 0 atom stereocenters. The first-order chi connectivity index (χ1) is 26.3. The second kappa shape index (κ2) is 11.7. The zero-order valence-electron chi connectivity index (χ0n) is 28.6. The third-order valence-electron chi connectivity index (χ3n) is 10.5. The maximum absolute atomic E-state index is 5.37. The monoisotopic (exact) mass is 677 g/mol. The van der Waals surface area contributed by atoms with Gasteiger partial charge in [0.1, 0.15) is 11.3 Å². The Morgan fingerprint density at radius 3 is 1.43 bits per heavy atom. The molecule has 0 radical (unpaired) electrons. The van der Waals surface area contributed by atoms with Crippen molar-refractivity contribution in [2.24, 2.45) is 0 Å². The van der Waals surface area contributed by atoms with Gasteiger partial charge in [-0.25, -0.2) is 9.97 Å². The zero-order chi connectivity index (χ0) is 34.9. The maximum Gasteiger partial charge on any atom is 0.164 e. The molecule has 0 fully saturated rings. The zero-order valence-corrected chi connectivity index (χ0v) is 28.6. The Kier molecular flexibility index (Phi) is 6.48. The molecule has 248 valence electrons. The molecule has 0 N–H and O–H groups in total. The van der Waals surface area contributed by atoms with Crippen LogP contribution in [0.1, 0.15) is 0 Å². The van der Waals surface area contributed by atoms with Crippen LogP contribution in [0.3, 0.4) is 0 Å². The van der Waals surface area contributed by atoms with Crippen molar-refractivity contribution in [3.05, 3.63) is 188 Å². The van der Waals surface area contributed by atoms with Crippen molar-refractivity contribution < 1.29 is 0 Å². The highest BCUT2D eigenvalue weighted by atomic mass is 15.1. The Hall–Kier alpha value is -7.24. The van der Waals surface area contributed by atoms with Gasteiger partial charge in [0, 0.05) is 50.2 Å². The Morgan fingerprint density at radius 1 is 0.377 bits per heavy atom. The number of rotatable bonds is 5. The van der Waals surface area contributed by atoms with E-state index in [0.717, 1.165) is 72.8 Å². The lowest BCUT2D eigenvalue weighted by molar-refractivity contribution is 1.07. The van der Waals surface area contributed by atoms with Gasteiger partial charge in [-0.3, -0.25) is 4.57 Å². The summed E-state index contributed by atoms with van der Waals surface area (Å²) in [4.78, 5) is 10.3. The number of para-hydroxylation sites is 5. The molecule has 11 aromatic rings. The van der Waals surface area contributed by atoms with E-state index in [0.29, 0.717) is 0 Å². The van der Waals surface area contributed by atoms with Crippen LogP contribution in [0.25, 0.3) is 94.4 Å². The van der Waals surface area contributed by atoms with Crippen molar-refractivity contribution in [2.45, 2.75) is 0 Å². The van der Waals surface area contributed by atoms with Crippen molar-refractivity contribution in [3.8, 4) is 39.6 Å². The predicted molar refractivity (Wildman–Crippen MR) is 218 cm³/mol. The first-order valence-electron chi connectivity index (χ1n) is 17.9. The van der Waals surface area contributed by atoms with Crippen molar-refractivity contribution in [2.75, 3.05) is 0 Å². The first kappa shape index (κ1) is 29.5. The molecular weight excluding hydrogens is 647 g/mol. The quantitative estimate of drug-likeness (QED) is 0.182. The SMILES string of the molecule is c1ccc(-c2ccccc2-n2c(-c3cc(-n4c5ccccc5c5ccccc54)cc(-n4c5ccccc5c5ccccc54)c3)nc3cccnc32)cc1. The lowest BCUT2D eigenvalue weighted by Gasteiger charge is -2.17. The van der Waals surface area contributed by atoms with Gasteiger partial charge in [-0.1, -0.05) is 121 Å². The van der Waals surface area contributed by atoms with Crippen LogP contribution in [0, 0.1) is 0 Å². The van der Waals surface area contributed by atoms with Gasteiger partial charge in [-0.15, -0.1) is 0 Å². The number of fused-ring (bicyclic) bond motifs is 7. The van der Waals surface area contributed by atoms with Gasteiger partial charge in [0.05, 0.1) is 27.8 Å². The lowest BCUT2D eigenvalue weighted by atomic mass is 10.0. The average Bonchev–Trinajstić information content (AvgIpc) is 3.89. The Morgan fingerprint density at radius 2 is 0.868 bits per heavy atom. The summed E-state index contributed by atoms with van der Waals surface area (Å²) < 4.78 is 7.03. The number of hydrogen-bond donors (Lipinski definition) is 0. The number of imidazole rings is 1. The van der Waals surface area contributed by atoms with Gasteiger partial charge >= 0.3 is 0 Å². The summed E-state index contributed by atoms with van der Waals surface area (Å²) in [5, 5.41) is 4.89. The number of aromatic nitrogens is 5. The van der Waals surface area contributed by atoms with E-state index in [1.165, 1.54) is 21.5 Å². The first-order valence-corrected chi connectivity index (χ1v) is 17.9. The third kappa shape index (κ3) is 4.51. The van der Waals surface area contributed by atoms with E-state index in [9.17, 15) is 0 Å². The largest absolute Gasteiger partial charge is 0.309 e. The molecule has 0 aliphatic heterocycles. The van der Waals surface area contributed by atoms with E-state index in [1.807, 2.05) is 12.3 Å². The average molecular weight is 678 g/mol. The van der Waals surface area contributed by atoms with Gasteiger partial charge in [0.15, 0.2) is 5.65 Å². The van der Waals surface area contributed by atoms with E-state index in [-0.39, 0.29) is 0 Å². The van der Waals surface area contributed by atoms with E-state index in [1.54, 1.807) is 0 Å². The van der Waals surface area contributed by atoms with Crippen molar-refractivity contribution in [3.63, 3.8) is 0 Å². The van der Waals surface area contributed by atoms with Gasteiger partial charge in [-0.05, 0) is 66.2 Å². The highest BCUT2D eigenvalue weighted by molar-refractivity contribution is 6.10. The molecule has 0 saturated heterocycles. The summed E-state index contributed by atoms with van der Waals surface area (Å²) in [7, 11) is 0. The minimum atomic E-state index is 0.812. The van der Waals surface area contributed by atoms with Crippen molar-refractivity contribution >= 4 is 54.8 Å². The molecule has 0 saturated carbocycles. The summed E-state index contributed by atoms with van der Waals surface area (Å²) in [6, 6.07) is 64.8. The lowest BCUT2D eigenvalue weighted by Crippen LogP contribution is -2.04. The maximum atomic E-state index is 5.37. The van der Waals surface area contributed by atoms with Crippen LogP contribution in [-0.2, 0) is 0 Å². The Bertz CT molecular complexity index is 2940. The highest BCUT2D eigenvalue weighted by Crippen LogP contribution is 2.39. The molecule has 11 rings (SSSR count). The molecule has 7 aromatic carbocycles. The molecule has 53 heavy (non-hydrogen) atoms. The standard InChI is InChI=1S/C48H31N5/c1-2-15-32(16-3-1)36-17-4-9-23-42(36)53-47(50-41-22-14-28-49-48(41)53)33-29-34(51-43-24-10-5-18-37(43)38-19-6-11-25-44(38)51)31-35(30-33)52-45-26-12-7-20-39(45)40-21-8-13-27-46(40)52/h1-31H. The molecule has 5 heteroatoms. The fourth-order valence-corrected chi connectivity index (χ4v) is 8.25. The van der Waals surface area contributed by atoms with Gasteiger partial charge < -0.3 is 9.13 Å². The molecule has 4 heterocycles.